The molecule has 0 atom stereocenters. The Morgan fingerprint density at radius 2 is 0.818 bits per heavy atom. The normalized spacial score (nSPS) is 11.3. The van der Waals surface area contributed by atoms with E-state index >= 15 is 0 Å². The molecule has 3 heterocycles. The van der Waals surface area contributed by atoms with Crippen LogP contribution in [-0.4, -0.2) is 15.0 Å². The van der Waals surface area contributed by atoms with Gasteiger partial charge in [0.25, 0.3) is 0 Å². The number of benzene rings is 7. The molecular weight excluding hydrogens is 671 g/mol. The summed E-state index contributed by atoms with van der Waals surface area (Å²) >= 11 is 0. The molecule has 0 aliphatic heterocycles. The van der Waals surface area contributed by atoms with Gasteiger partial charge in [0.05, 0.1) is 11.4 Å². The number of furan rings is 1. The fourth-order valence-corrected chi connectivity index (χ4v) is 7.38. The highest BCUT2D eigenvalue weighted by atomic mass is 16.3. The molecule has 0 fully saturated rings. The molecule has 7 aromatic carbocycles. The van der Waals surface area contributed by atoms with Crippen LogP contribution < -0.4 is 0 Å². The predicted octanol–water partition coefficient (Wildman–Crippen LogP) is 13.4. The summed E-state index contributed by atoms with van der Waals surface area (Å²) in [7, 11) is 0. The second-order valence-electron chi connectivity index (χ2n) is 13.7. The molecule has 0 bridgehead atoms. The van der Waals surface area contributed by atoms with Crippen molar-refractivity contribution in [2.45, 2.75) is 0 Å². The van der Waals surface area contributed by atoms with Gasteiger partial charge in [0, 0.05) is 45.4 Å². The van der Waals surface area contributed by atoms with Crippen LogP contribution in [0.15, 0.2) is 205 Å². The van der Waals surface area contributed by atoms with Gasteiger partial charge in [-0.2, -0.15) is 0 Å². The topological polar surface area (TPSA) is 51.8 Å². The van der Waals surface area contributed by atoms with Crippen LogP contribution in [0.1, 0.15) is 0 Å². The lowest BCUT2D eigenvalue weighted by molar-refractivity contribution is 0.669. The summed E-state index contributed by atoms with van der Waals surface area (Å²) in [6.45, 7) is 0. The molecule has 0 unspecified atom stereocenters. The van der Waals surface area contributed by atoms with Gasteiger partial charge in [-0.1, -0.05) is 121 Å². The minimum Gasteiger partial charge on any atom is -0.456 e. The molecule has 10 aromatic rings. The Kier molecular flexibility index (Phi) is 8.12. The zero-order valence-corrected chi connectivity index (χ0v) is 29.8. The van der Waals surface area contributed by atoms with Gasteiger partial charge in [0.2, 0.25) is 0 Å². The minimum absolute atomic E-state index is 0.650. The van der Waals surface area contributed by atoms with E-state index in [1.54, 1.807) is 6.20 Å². The Bertz CT molecular complexity index is 2900. The standard InChI is InChI=1S/C51H33N3O/c1-4-13-34(14-5-1)39-25-41(37-22-23-50-46(31-37)45-20-10-11-21-49(45)55-50)28-43(27-39)48-32-47(36-17-8-3-9-18-36)53-51(54-48)44-29-40(35-15-6-2-7-16-35)26-42(30-44)38-19-12-24-52-33-38/h1-33H. The number of pyridine rings is 1. The molecule has 0 aliphatic rings. The number of rotatable bonds is 7. The molecule has 0 saturated heterocycles. The summed E-state index contributed by atoms with van der Waals surface area (Å²) in [5.41, 5.74) is 15.1. The number of nitrogens with zero attached hydrogens (tertiary/aromatic N) is 3. The predicted molar refractivity (Wildman–Crippen MR) is 225 cm³/mol. The molecular formula is C51H33N3O. The molecule has 10 rings (SSSR count). The first kappa shape index (κ1) is 32.2. The lowest BCUT2D eigenvalue weighted by Gasteiger charge is -2.14. The minimum atomic E-state index is 0.650. The molecule has 0 N–H and O–H groups in total. The van der Waals surface area contributed by atoms with Crippen LogP contribution in [0.4, 0.5) is 0 Å². The van der Waals surface area contributed by atoms with Crippen molar-refractivity contribution in [2.24, 2.45) is 0 Å². The van der Waals surface area contributed by atoms with Crippen LogP contribution in [-0.2, 0) is 0 Å². The van der Waals surface area contributed by atoms with E-state index in [1.165, 1.54) is 0 Å². The smallest absolute Gasteiger partial charge is 0.160 e. The van der Waals surface area contributed by atoms with Gasteiger partial charge in [0.15, 0.2) is 5.82 Å². The van der Waals surface area contributed by atoms with Crippen molar-refractivity contribution in [3.8, 4) is 78.4 Å². The average Bonchev–Trinajstić information content (AvgIpc) is 3.65. The van der Waals surface area contributed by atoms with E-state index in [1.807, 2.05) is 36.5 Å². The third-order valence-electron chi connectivity index (χ3n) is 10.1. The van der Waals surface area contributed by atoms with Gasteiger partial charge < -0.3 is 4.42 Å². The van der Waals surface area contributed by atoms with Crippen LogP contribution in [0, 0.1) is 0 Å². The van der Waals surface area contributed by atoms with Crippen LogP contribution in [0.2, 0.25) is 0 Å². The Hall–Kier alpha value is -7.43. The van der Waals surface area contributed by atoms with Crippen molar-refractivity contribution in [3.05, 3.63) is 200 Å². The lowest BCUT2D eigenvalue weighted by Crippen LogP contribution is -1.97. The van der Waals surface area contributed by atoms with E-state index in [4.69, 9.17) is 14.4 Å². The maximum Gasteiger partial charge on any atom is 0.160 e. The molecule has 0 amide bonds. The maximum atomic E-state index is 6.19. The fraction of sp³-hybridized carbons (Fsp3) is 0. The maximum absolute atomic E-state index is 6.19. The quantitative estimate of drug-likeness (QED) is 0.166. The van der Waals surface area contributed by atoms with E-state index in [2.05, 4.69) is 163 Å². The van der Waals surface area contributed by atoms with E-state index in [0.717, 1.165) is 94.5 Å². The SMILES string of the molecule is c1ccc(-c2cc(-c3ccc4oc5ccccc5c4c3)cc(-c3cc(-c4ccccc4)nc(-c4cc(-c5ccccc5)cc(-c5cccnc5)c4)n3)c2)cc1. The van der Waals surface area contributed by atoms with Crippen molar-refractivity contribution in [2.75, 3.05) is 0 Å². The van der Waals surface area contributed by atoms with E-state index in [9.17, 15) is 0 Å². The monoisotopic (exact) mass is 703 g/mol. The zero-order valence-electron chi connectivity index (χ0n) is 29.8. The largest absolute Gasteiger partial charge is 0.456 e. The molecule has 4 nitrogen and oxygen atoms in total. The fourth-order valence-electron chi connectivity index (χ4n) is 7.38. The van der Waals surface area contributed by atoms with Gasteiger partial charge in [0.1, 0.15) is 11.2 Å². The molecule has 0 saturated carbocycles. The first-order valence-corrected chi connectivity index (χ1v) is 18.4. The van der Waals surface area contributed by atoms with E-state index < -0.39 is 0 Å². The van der Waals surface area contributed by atoms with Gasteiger partial charge in [-0.3, -0.25) is 4.98 Å². The lowest BCUT2D eigenvalue weighted by atomic mass is 9.93. The zero-order chi connectivity index (χ0) is 36.6. The first-order chi connectivity index (χ1) is 27.2. The Labute approximate surface area is 319 Å². The number of para-hydroxylation sites is 1. The van der Waals surface area contributed by atoms with Crippen LogP contribution >= 0.6 is 0 Å². The summed E-state index contributed by atoms with van der Waals surface area (Å²) in [4.78, 5) is 15.1. The number of fused-ring (bicyclic) bond motifs is 3. The molecule has 55 heavy (non-hydrogen) atoms. The number of aromatic nitrogens is 3. The highest BCUT2D eigenvalue weighted by Gasteiger charge is 2.16. The Morgan fingerprint density at radius 1 is 0.309 bits per heavy atom. The number of hydrogen-bond donors (Lipinski definition) is 0. The van der Waals surface area contributed by atoms with Crippen molar-refractivity contribution in [3.63, 3.8) is 0 Å². The molecule has 0 spiro atoms. The van der Waals surface area contributed by atoms with Gasteiger partial charge >= 0.3 is 0 Å². The van der Waals surface area contributed by atoms with Crippen molar-refractivity contribution >= 4 is 21.9 Å². The highest BCUT2D eigenvalue weighted by Crippen LogP contribution is 2.38. The average molecular weight is 704 g/mol. The summed E-state index contributed by atoms with van der Waals surface area (Å²) in [5, 5.41) is 2.20. The first-order valence-electron chi connectivity index (χ1n) is 18.4. The molecule has 258 valence electrons. The molecule has 4 heteroatoms. The van der Waals surface area contributed by atoms with E-state index in [0.29, 0.717) is 5.82 Å². The van der Waals surface area contributed by atoms with Crippen molar-refractivity contribution < 1.29 is 4.42 Å². The van der Waals surface area contributed by atoms with E-state index in [-0.39, 0.29) is 0 Å². The van der Waals surface area contributed by atoms with Gasteiger partial charge in [-0.05, 0) is 106 Å². The third kappa shape index (κ3) is 6.36. The summed E-state index contributed by atoms with van der Waals surface area (Å²) in [6.07, 6.45) is 3.71. The summed E-state index contributed by atoms with van der Waals surface area (Å²) in [5.74, 6) is 0.650. The van der Waals surface area contributed by atoms with Crippen LogP contribution in [0.25, 0.3) is 100 Å². The molecule has 3 aromatic heterocycles. The summed E-state index contributed by atoms with van der Waals surface area (Å²) < 4.78 is 6.19. The molecule has 0 radical (unpaired) electrons. The van der Waals surface area contributed by atoms with Crippen LogP contribution in [0.5, 0.6) is 0 Å². The third-order valence-corrected chi connectivity index (χ3v) is 10.1. The second-order valence-corrected chi connectivity index (χ2v) is 13.7. The van der Waals surface area contributed by atoms with Crippen molar-refractivity contribution in [1.82, 2.24) is 15.0 Å². The summed E-state index contributed by atoms with van der Waals surface area (Å²) in [6, 6.07) is 65.6. The Balaban J connectivity index is 1.19. The van der Waals surface area contributed by atoms with Gasteiger partial charge in [-0.15, -0.1) is 0 Å². The van der Waals surface area contributed by atoms with Crippen molar-refractivity contribution in [1.29, 1.82) is 0 Å². The van der Waals surface area contributed by atoms with Gasteiger partial charge in [-0.25, -0.2) is 9.97 Å². The number of hydrogen-bond acceptors (Lipinski definition) is 4. The second kappa shape index (κ2) is 13.8. The Morgan fingerprint density at radius 3 is 1.47 bits per heavy atom. The van der Waals surface area contributed by atoms with Crippen LogP contribution in [0.3, 0.4) is 0 Å². The highest BCUT2D eigenvalue weighted by molar-refractivity contribution is 6.06. The molecule has 0 aliphatic carbocycles.